The Balaban J connectivity index is 2.68. The number of amides is 1. The fourth-order valence-corrected chi connectivity index (χ4v) is 1.56. The largest absolute Gasteiger partial charge is 0.396 e. The monoisotopic (exact) mass is 268 g/mol. The lowest BCUT2D eigenvalue weighted by Crippen LogP contribution is -2.38. The number of nitrogens with zero attached hydrogens (tertiary/aromatic N) is 1. The number of aliphatic hydroxyl groups excluding tert-OH is 1. The zero-order chi connectivity index (χ0) is 14.3. The SMILES string of the molecule is COCC(CCO)NC(=O)c1ccc([N+](=O)[O-])cc1. The summed E-state index contributed by atoms with van der Waals surface area (Å²) in [5.74, 6) is -0.356. The zero-order valence-electron chi connectivity index (χ0n) is 10.5. The minimum absolute atomic E-state index is 0.0609. The third-order valence-electron chi connectivity index (χ3n) is 2.52. The van der Waals surface area contributed by atoms with Crippen molar-refractivity contribution in [1.82, 2.24) is 5.32 Å². The van der Waals surface area contributed by atoms with Gasteiger partial charge in [-0.15, -0.1) is 0 Å². The first-order valence-corrected chi connectivity index (χ1v) is 5.73. The van der Waals surface area contributed by atoms with Gasteiger partial charge in [-0.05, 0) is 18.6 Å². The number of carbonyl (C=O) groups excluding carboxylic acids is 1. The quantitative estimate of drug-likeness (QED) is 0.560. The van der Waals surface area contributed by atoms with Crippen LogP contribution in [0.25, 0.3) is 0 Å². The minimum atomic E-state index is -0.527. The maximum absolute atomic E-state index is 11.9. The number of rotatable bonds is 7. The van der Waals surface area contributed by atoms with Crippen molar-refractivity contribution in [3.8, 4) is 0 Å². The molecule has 0 aliphatic carbocycles. The van der Waals surface area contributed by atoms with E-state index < -0.39 is 4.92 Å². The van der Waals surface area contributed by atoms with Crippen LogP contribution in [0.1, 0.15) is 16.8 Å². The van der Waals surface area contributed by atoms with Gasteiger partial charge in [-0.25, -0.2) is 0 Å². The summed E-state index contributed by atoms with van der Waals surface area (Å²) in [5.41, 5.74) is 0.255. The van der Waals surface area contributed by atoms with Crippen LogP contribution in [-0.2, 0) is 4.74 Å². The third-order valence-corrected chi connectivity index (χ3v) is 2.52. The van der Waals surface area contributed by atoms with Crippen LogP contribution in [0.2, 0.25) is 0 Å². The van der Waals surface area contributed by atoms with E-state index >= 15 is 0 Å². The Bertz CT molecular complexity index is 426. The van der Waals surface area contributed by atoms with Crippen LogP contribution >= 0.6 is 0 Å². The number of ether oxygens (including phenoxy) is 1. The second-order valence-electron chi connectivity index (χ2n) is 3.94. The molecule has 0 spiro atoms. The molecule has 0 bridgehead atoms. The number of methoxy groups -OCH3 is 1. The van der Waals surface area contributed by atoms with Gasteiger partial charge in [0, 0.05) is 31.4 Å². The summed E-state index contributed by atoms with van der Waals surface area (Å²) in [6.45, 7) is 0.230. The molecule has 7 heteroatoms. The number of nitro benzene ring substituents is 1. The number of carbonyl (C=O) groups is 1. The maximum Gasteiger partial charge on any atom is 0.269 e. The number of nitrogens with one attached hydrogen (secondary N) is 1. The van der Waals surface area contributed by atoms with Gasteiger partial charge in [-0.2, -0.15) is 0 Å². The molecule has 1 aromatic rings. The molecule has 2 N–H and O–H groups in total. The lowest BCUT2D eigenvalue weighted by atomic mass is 10.1. The van der Waals surface area contributed by atoms with Gasteiger partial charge in [0.25, 0.3) is 11.6 Å². The van der Waals surface area contributed by atoms with E-state index in [9.17, 15) is 14.9 Å². The van der Waals surface area contributed by atoms with Crippen LogP contribution in [0.5, 0.6) is 0 Å². The molecule has 1 amide bonds. The molecule has 19 heavy (non-hydrogen) atoms. The number of nitro groups is 1. The Morgan fingerprint density at radius 2 is 2.11 bits per heavy atom. The van der Waals surface area contributed by atoms with Gasteiger partial charge in [0.05, 0.1) is 17.6 Å². The lowest BCUT2D eigenvalue weighted by Gasteiger charge is -2.16. The van der Waals surface area contributed by atoms with Crippen molar-refractivity contribution in [2.45, 2.75) is 12.5 Å². The van der Waals surface area contributed by atoms with E-state index in [1.165, 1.54) is 31.4 Å². The summed E-state index contributed by atoms with van der Waals surface area (Å²) >= 11 is 0. The highest BCUT2D eigenvalue weighted by atomic mass is 16.6. The van der Waals surface area contributed by atoms with Crippen LogP contribution < -0.4 is 5.32 Å². The molecule has 1 aromatic carbocycles. The first-order chi connectivity index (χ1) is 9.08. The lowest BCUT2D eigenvalue weighted by molar-refractivity contribution is -0.384. The van der Waals surface area contributed by atoms with E-state index in [0.717, 1.165) is 0 Å². The van der Waals surface area contributed by atoms with Crippen molar-refractivity contribution in [3.63, 3.8) is 0 Å². The Labute approximate surface area is 110 Å². The highest BCUT2D eigenvalue weighted by molar-refractivity contribution is 5.94. The van der Waals surface area contributed by atoms with Gasteiger partial charge in [0.15, 0.2) is 0 Å². The Morgan fingerprint density at radius 1 is 1.47 bits per heavy atom. The van der Waals surface area contributed by atoms with Crippen molar-refractivity contribution in [3.05, 3.63) is 39.9 Å². The highest BCUT2D eigenvalue weighted by Gasteiger charge is 2.14. The van der Waals surface area contributed by atoms with Gasteiger partial charge < -0.3 is 15.2 Å². The topological polar surface area (TPSA) is 102 Å². The molecule has 0 saturated heterocycles. The van der Waals surface area contributed by atoms with E-state index in [0.29, 0.717) is 18.6 Å². The fourth-order valence-electron chi connectivity index (χ4n) is 1.56. The zero-order valence-corrected chi connectivity index (χ0v) is 10.5. The Kier molecular flexibility index (Phi) is 5.91. The van der Waals surface area contributed by atoms with Crippen molar-refractivity contribution in [2.75, 3.05) is 20.3 Å². The van der Waals surface area contributed by atoms with E-state index in [1.807, 2.05) is 0 Å². The smallest absolute Gasteiger partial charge is 0.269 e. The van der Waals surface area contributed by atoms with Crippen molar-refractivity contribution in [2.24, 2.45) is 0 Å². The summed E-state index contributed by atoms with van der Waals surface area (Å²) < 4.78 is 4.93. The van der Waals surface area contributed by atoms with E-state index in [-0.39, 0.29) is 24.2 Å². The number of non-ortho nitro benzene ring substituents is 1. The molecule has 1 rings (SSSR count). The Morgan fingerprint density at radius 3 is 2.58 bits per heavy atom. The van der Waals surface area contributed by atoms with Crippen LogP contribution in [-0.4, -0.2) is 42.3 Å². The molecule has 0 saturated carbocycles. The van der Waals surface area contributed by atoms with Crippen molar-refractivity contribution in [1.29, 1.82) is 0 Å². The molecule has 104 valence electrons. The molecule has 1 unspecified atom stereocenters. The second kappa shape index (κ2) is 7.45. The standard InChI is InChI=1S/C12H16N2O5/c1-19-8-10(6-7-15)13-12(16)9-2-4-11(5-3-9)14(17)18/h2-5,10,15H,6-8H2,1H3,(H,13,16). The van der Waals surface area contributed by atoms with Gasteiger partial charge in [0.1, 0.15) is 0 Å². The molecule has 0 aromatic heterocycles. The van der Waals surface area contributed by atoms with E-state index in [2.05, 4.69) is 5.32 Å². The normalized spacial score (nSPS) is 11.9. The minimum Gasteiger partial charge on any atom is -0.396 e. The van der Waals surface area contributed by atoms with Gasteiger partial charge in [-0.3, -0.25) is 14.9 Å². The number of benzene rings is 1. The molecular weight excluding hydrogens is 252 g/mol. The predicted octanol–water partition coefficient (Wildman–Crippen LogP) is 0.722. The van der Waals surface area contributed by atoms with Crippen LogP contribution in [0.3, 0.4) is 0 Å². The number of hydrogen-bond acceptors (Lipinski definition) is 5. The molecule has 0 aliphatic heterocycles. The predicted molar refractivity (Wildman–Crippen MR) is 67.9 cm³/mol. The molecule has 0 fully saturated rings. The fraction of sp³-hybridized carbons (Fsp3) is 0.417. The van der Waals surface area contributed by atoms with Gasteiger partial charge in [0.2, 0.25) is 0 Å². The summed E-state index contributed by atoms with van der Waals surface area (Å²) in [5, 5.41) is 22.0. The average Bonchev–Trinajstić information content (AvgIpc) is 2.39. The number of aliphatic hydroxyl groups is 1. The molecule has 0 aliphatic rings. The molecular formula is C12H16N2O5. The molecule has 1 atom stereocenters. The summed E-state index contributed by atoms with van der Waals surface area (Å²) in [6.07, 6.45) is 0.382. The summed E-state index contributed by atoms with van der Waals surface area (Å²) in [7, 11) is 1.50. The van der Waals surface area contributed by atoms with Crippen molar-refractivity contribution < 1.29 is 19.6 Å². The van der Waals surface area contributed by atoms with E-state index in [4.69, 9.17) is 9.84 Å². The van der Waals surface area contributed by atoms with Crippen molar-refractivity contribution >= 4 is 11.6 Å². The summed E-state index contributed by atoms with van der Waals surface area (Å²) in [6, 6.07) is 5.02. The van der Waals surface area contributed by atoms with E-state index in [1.54, 1.807) is 0 Å². The van der Waals surface area contributed by atoms with Crippen LogP contribution in [0, 0.1) is 10.1 Å². The Hall–Kier alpha value is -1.99. The first-order valence-electron chi connectivity index (χ1n) is 5.73. The third kappa shape index (κ3) is 4.65. The highest BCUT2D eigenvalue weighted by Crippen LogP contribution is 2.12. The second-order valence-corrected chi connectivity index (χ2v) is 3.94. The molecule has 0 heterocycles. The number of hydrogen-bond donors (Lipinski definition) is 2. The molecule has 0 radical (unpaired) electrons. The maximum atomic E-state index is 11.9. The van der Waals surface area contributed by atoms with Crippen LogP contribution in [0.15, 0.2) is 24.3 Å². The molecule has 7 nitrogen and oxygen atoms in total. The van der Waals surface area contributed by atoms with Gasteiger partial charge >= 0.3 is 0 Å². The first kappa shape index (κ1) is 15.1. The van der Waals surface area contributed by atoms with Crippen LogP contribution in [0.4, 0.5) is 5.69 Å². The van der Waals surface area contributed by atoms with Gasteiger partial charge in [-0.1, -0.05) is 0 Å². The average molecular weight is 268 g/mol. The summed E-state index contributed by atoms with van der Waals surface area (Å²) in [4.78, 5) is 21.8.